The van der Waals surface area contributed by atoms with Gasteiger partial charge in [0.15, 0.2) is 0 Å². The lowest BCUT2D eigenvalue weighted by Gasteiger charge is -2.07. The molecule has 2 aromatic heterocycles. The molecule has 0 aliphatic rings. The van der Waals surface area contributed by atoms with Gasteiger partial charge < -0.3 is 9.88 Å². The highest BCUT2D eigenvalue weighted by molar-refractivity contribution is 7.09. The highest BCUT2D eigenvalue weighted by atomic mass is 32.1. The number of hydrogen-bond acceptors (Lipinski definition) is 3. The number of nitrogens with one attached hydrogen (secondary N) is 1. The maximum atomic E-state index is 4.20. The standard InChI is InChI=1S/C12H17N3S/c1-2-13-8-11-9-14-10-15(11)6-5-12-4-3-7-16-12/h3-4,7,9-10,13H,2,5-6,8H2,1H3. The fraction of sp³-hybridized carbons (Fsp3) is 0.417. The molecule has 0 bridgehead atoms. The van der Waals surface area contributed by atoms with E-state index in [1.54, 1.807) is 0 Å². The van der Waals surface area contributed by atoms with Crippen molar-refractivity contribution in [2.75, 3.05) is 6.54 Å². The van der Waals surface area contributed by atoms with E-state index in [0.717, 1.165) is 26.1 Å². The molecule has 0 aliphatic carbocycles. The van der Waals surface area contributed by atoms with Crippen molar-refractivity contribution < 1.29 is 0 Å². The van der Waals surface area contributed by atoms with Gasteiger partial charge in [-0.15, -0.1) is 11.3 Å². The summed E-state index contributed by atoms with van der Waals surface area (Å²) in [6.07, 6.45) is 4.95. The van der Waals surface area contributed by atoms with Crippen molar-refractivity contribution in [2.45, 2.75) is 26.4 Å². The van der Waals surface area contributed by atoms with Crippen LogP contribution in [0.4, 0.5) is 0 Å². The maximum absolute atomic E-state index is 4.20. The van der Waals surface area contributed by atoms with Crippen LogP contribution in [0, 0.1) is 0 Å². The molecule has 0 radical (unpaired) electrons. The Hall–Kier alpha value is -1.13. The van der Waals surface area contributed by atoms with Crippen molar-refractivity contribution in [2.24, 2.45) is 0 Å². The van der Waals surface area contributed by atoms with Gasteiger partial charge >= 0.3 is 0 Å². The van der Waals surface area contributed by atoms with Crippen LogP contribution in [0.25, 0.3) is 0 Å². The van der Waals surface area contributed by atoms with Gasteiger partial charge in [0, 0.05) is 24.2 Å². The molecule has 16 heavy (non-hydrogen) atoms. The molecule has 86 valence electrons. The number of aromatic nitrogens is 2. The Balaban J connectivity index is 1.91. The second-order valence-electron chi connectivity index (χ2n) is 3.69. The van der Waals surface area contributed by atoms with Gasteiger partial charge in [0.25, 0.3) is 0 Å². The molecule has 2 heterocycles. The second kappa shape index (κ2) is 5.82. The molecule has 0 atom stereocenters. The van der Waals surface area contributed by atoms with E-state index in [2.05, 4.69) is 39.3 Å². The minimum Gasteiger partial charge on any atom is -0.333 e. The molecule has 1 N–H and O–H groups in total. The predicted octanol–water partition coefficient (Wildman–Crippen LogP) is 2.30. The first-order valence-corrected chi connectivity index (χ1v) is 6.50. The number of nitrogens with zero attached hydrogens (tertiary/aromatic N) is 2. The summed E-state index contributed by atoms with van der Waals surface area (Å²) in [5, 5.41) is 5.45. The summed E-state index contributed by atoms with van der Waals surface area (Å²) in [7, 11) is 0. The molecular formula is C12H17N3S. The number of rotatable bonds is 6. The highest BCUT2D eigenvalue weighted by Crippen LogP contribution is 2.11. The lowest BCUT2D eigenvalue weighted by molar-refractivity contribution is 0.622. The molecule has 2 rings (SSSR count). The first-order valence-electron chi connectivity index (χ1n) is 5.62. The SMILES string of the molecule is CCNCc1cncn1CCc1cccs1. The summed E-state index contributed by atoms with van der Waals surface area (Å²) < 4.78 is 2.22. The van der Waals surface area contributed by atoms with E-state index in [4.69, 9.17) is 0 Å². The van der Waals surface area contributed by atoms with Crippen LogP contribution in [-0.2, 0) is 19.5 Å². The Morgan fingerprint density at radius 1 is 1.50 bits per heavy atom. The van der Waals surface area contributed by atoms with E-state index in [9.17, 15) is 0 Å². The maximum Gasteiger partial charge on any atom is 0.0948 e. The van der Waals surface area contributed by atoms with E-state index >= 15 is 0 Å². The van der Waals surface area contributed by atoms with E-state index in [0.29, 0.717) is 0 Å². The Labute approximate surface area is 100 Å². The number of hydrogen-bond donors (Lipinski definition) is 1. The quantitative estimate of drug-likeness (QED) is 0.832. The van der Waals surface area contributed by atoms with Crippen LogP contribution >= 0.6 is 11.3 Å². The number of aryl methyl sites for hydroxylation is 2. The zero-order chi connectivity index (χ0) is 11.2. The van der Waals surface area contributed by atoms with Crippen molar-refractivity contribution in [3.63, 3.8) is 0 Å². The molecule has 4 heteroatoms. The minimum atomic E-state index is 0.904. The third kappa shape index (κ3) is 2.93. The second-order valence-corrected chi connectivity index (χ2v) is 4.72. The summed E-state index contributed by atoms with van der Waals surface area (Å²) in [4.78, 5) is 5.63. The average Bonchev–Trinajstić information content (AvgIpc) is 2.94. The third-order valence-corrected chi connectivity index (χ3v) is 3.47. The molecular weight excluding hydrogens is 218 g/mol. The van der Waals surface area contributed by atoms with E-state index in [1.807, 2.05) is 23.9 Å². The fourth-order valence-corrected chi connectivity index (χ4v) is 2.33. The van der Waals surface area contributed by atoms with Gasteiger partial charge in [-0.2, -0.15) is 0 Å². The van der Waals surface area contributed by atoms with Crippen molar-refractivity contribution >= 4 is 11.3 Å². The van der Waals surface area contributed by atoms with Gasteiger partial charge in [-0.05, 0) is 24.4 Å². The first-order chi connectivity index (χ1) is 7.90. The predicted molar refractivity (Wildman–Crippen MR) is 67.6 cm³/mol. The average molecular weight is 235 g/mol. The van der Waals surface area contributed by atoms with Gasteiger partial charge in [0.1, 0.15) is 0 Å². The summed E-state index contributed by atoms with van der Waals surface area (Å²) in [5.74, 6) is 0. The Bertz CT molecular complexity index is 406. The monoisotopic (exact) mass is 235 g/mol. The minimum absolute atomic E-state index is 0.904. The molecule has 0 spiro atoms. The van der Waals surface area contributed by atoms with Gasteiger partial charge in [0.2, 0.25) is 0 Å². The van der Waals surface area contributed by atoms with Gasteiger partial charge in [-0.25, -0.2) is 4.98 Å². The Morgan fingerprint density at radius 2 is 2.44 bits per heavy atom. The van der Waals surface area contributed by atoms with E-state index < -0.39 is 0 Å². The van der Waals surface area contributed by atoms with Crippen molar-refractivity contribution in [1.29, 1.82) is 0 Å². The smallest absolute Gasteiger partial charge is 0.0948 e. The molecule has 3 nitrogen and oxygen atoms in total. The zero-order valence-electron chi connectivity index (χ0n) is 9.52. The lowest BCUT2D eigenvalue weighted by atomic mass is 10.3. The Kier molecular flexibility index (Phi) is 4.13. The normalized spacial score (nSPS) is 10.8. The lowest BCUT2D eigenvalue weighted by Crippen LogP contribution is -2.15. The largest absolute Gasteiger partial charge is 0.333 e. The van der Waals surface area contributed by atoms with E-state index in [1.165, 1.54) is 10.6 Å². The highest BCUT2D eigenvalue weighted by Gasteiger charge is 2.01. The molecule has 0 saturated carbocycles. The van der Waals surface area contributed by atoms with Gasteiger partial charge in [-0.3, -0.25) is 0 Å². The van der Waals surface area contributed by atoms with Crippen molar-refractivity contribution in [1.82, 2.24) is 14.9 Å². The van der Waals surface area contributed by atoms with Gasteiger partial charge in [-0.1, -0.05) is 13.0 Å². The summed E-state index contributed by atoms with van der Waals surface area (Å²) in [5.41, 5.74) is 1.26. The molecule has 0 amide bonds. The first kappa shape index (κ1) is 11.4. The van der Waals surface area contributed by atoms with Gasteiger partial charge in [0.05, 0.1) is 12.0 Å². The van der Waals surface area contributed by atoms with Crippen LogP contribution in [0.15, 0.2) is 30.0 Å². The topological polar surface area (TPSA) is 29.9 Å². The summed E-state index contributed by atoms with van der Waals surface area (Å²) in [6.45, 7) is 5.03. The molecule has 0 unspecified atom stereocenters. The van der Waals surface area contributed by atoms with E-state index in [-0.39, 0.29) is 0 Å². The zero-order valence-corrected chi connectivity index (χ0v) is 10.3. The molecule has 0 aromatic carbocycles. The van der Waals surface area contributed by atoms with Crippen LogP contribution in [0.5, 0.6) is 0 Å². The van der Waals surface area contributed by atoms with Crippen LogP contribution < -0.4 is 5.32 Å². The van der Waals surface area contributed by atoms with Crippen LogP contribution in [0.2, 0.25) is 0 Å². The Morgan fingerprint density at radius 3 is 3.19 bits per heavy atom. The molecule has 0 saturated heterocycles. The summed E-state index contributed by atoms with van der Waals surface area (Å²) in [6, 6.07) is 4.29. The van der Waals surface area contributed by atoms with Crippen molar-refractivity contribution in [3.8, 4) is 0 Å². The number of thiophene rings is 1. The molecule has 0 aliphatic heterocycles. The van der Waals surface area contributed by atoms with Crippen molar-refractivity contribution in [3.05, 3.63) is 40.6 Å². The van der Waals surface area contributed by atoms with Crippen LogP contribution in [0.1, 0.15) is 17.5 Å². The third-order valence-electron chi connectivity index (χ3n) is 2.53. The van der Waals surface area contributed by atoms with Crippen LogP contribution in [0.3, 0.4) is 0 Å². The fourth-order valence-electron chi connectivity index (χ4n) is 1.64. The summed E-state index contributed by atoms with van der Waals surface area (Å²) >= 11 is 1.82. The van der Waals surface area contributed by atoms with Crippen LogP contribution in [-0.4, -0.2) is 16.1 Å². The molecule has 0 fully saturated rings. The number of imidazole rings is 1. The molecule has 2 aromatic rings.